The topological polar surface area (TPSA) is 757 Å². The van der Waals surface area contributed by atoms with Gasteiger partial charge in [0.15, 0.2) is 5.78 Å². The van der Waals surface area contributed by atoms with Gasteiger partial charge in [0.05, 0.1) is 57.8 Å². The van der Waals surface area contributed by atoms with E-state index in [0.717, 1.165) is 52.9 Å². The summed E-state index contributed by atoms with van der Waals surface area (Å²) in [5, 5.41) is 81.9. The van der Waals surface area contributed by atoms with Gasteiger partial charge < -0.3 is 133 Å². The summed E-state index contributed by atoms with van der Waals surface area (Å²) < 4.78 is 5.74. The summed E-state index contributed by atoms with van der Waals surface area (Å²) in [4.78, 5) is 290. The number of unbranched alkanes of at least 4 members (excludes halogenated alkanes) is 6. The number of benzene rings is 2. The molecule has 0 bridgehead atoms. The quantitative estimate of drug-likeness (QED) is 0.0109. The molecule has 1 aliphatic rings. The summed E-state index contributed by atoms with van der Waals surface area (Å²) in [6, 6.07) is -11.8. The maximum absolute atomic E-state index is 14.9. The van der Waals surface area contributed by atoms with Crippen LogP contribution in [0.3, 0.4) is 0 Å². The molecule has 16 amide bonds. The van der Waals surface area contributed by atoms with Gasteiger partial charge in [-0.25, -0.2) is 4.79 Å². The summed E-state index contributed by atoms with van der Waals surface area (Å²) >= 11 is 0. The predicted molar refractivity (Wildman–Crippen MR) is 425 cm³/mol. The molecule has 0 aliphatic carbocycles. The third-order valence-electron chi connectivity index (χ3n) is 18.9. The standard InChI is InChI=1S/C76H109N19O27/c1-5-6-7-8-9-10-11-22-57(101)87-48(27-40-33-82-45-20-15-13-17-41(40)45)71(116)91-49(30-56(80)100)72(117)89-47(23-25-96)69(114)95-64-39(4)122-76(121)52(29-54(98)42-18-12-14-19-43(42)77)93-75(120)63(37(2)26-60(104)105)94-73(118)53(36-97)88-59(103)34-83-67(112)50(31-61(106)107)90-65(110)38(3)85-70(115)51(32-62(108)109)92-68(113)46(86-58(102)35-84-74(64)119)21-16-24-81-66(111)44(78)28-55(79)99/h12-15,17-20,33,37-39,44,46-53,63-64,82,96-97H,5-11,16,21-32,34-36,77-78H2,1-4H3,(H2,79,99)(H2,80,100)(H,81,111)(H,83,112)(H,84,119)(H,85,115)(H,86,102)(H,87,101)(H,88,103)(H,89,117)(H,90,110)(H,91,116)(H,92,113)(H,93,120)(H,94,118)(H,95,114)(H,104,105)(H,106,107)(H,108,109)/t37-,38-,39-,44?,46+,47+,48+,49+,50+,51+,52+,53-,63+,64+/m1/s1. The number of aromatic amines is 1. The number of H-pyrrole nitrogens is 1. The highest BCUT2D eigenvalue weighted by Gasteiger charge is 2.41. The lowest BCUT2D eigenvalue weighted by Gasteiger charge is -2.30. The Balaban J connectivity index is 1.91. The number of primary amides is 2. The van der Waals surface area contributed by atoms with E-state index in [0.29, 0.717) is 29.3 Å². The van der Waals surface area contributed by atoms with E-state index in [-0.39, 0.29) is 30.5 Å². The lowest BCUT2D eigenvalue weighted by molar-refractivity contribution is -0.156. The molecule has 1 fully saturated rings. The SMILES string of the molecule is CCCCCCCCCC(=O)N[C@@H](Cc1c[nH]c2ccccc12)C(=O)N[C@@H](CC(N)=O)C(=O)N[C@@H](CCO)C(=O)N[C@@H]1C(=O)NCC(=O)N[C@@H](CCCNC(=O)C(N)CC(N)=O)C(=O)N[C@@H](CC(=O)O)C(=O)N[C@H](C)C(=O)N[C@@H](CC(=O)O)C(=O)NCC(=O)N[C@H](CO)C(=O)N[C@@H]([C@H](C)CC(=O)O)C(=O)N[C@@H](CC(=O)c2ccccc2N)C(=O)O[C@@H]1C. The summed E-state index contributed by atoms with van der Waals surface area (Å²) in [6.07, 6.45) is -2.67. The third kappa shape index (κ3) is 35.0. The van der Waals surface area contributed by atoms with Gasteiger partial charge in [-0.1, -0.05) is 82.7 Å². The highest BCUT2D eigenvalue weighted by Crippen LogP contribution is 2.22. The number of aromatic nitrogens is 1. The molecule has 4 rings (SSSR count). The number of anilines is 1. The third-order valence-corrected chi connectivity index (χ3v) is 18.9. The number of carbonyl (C=O) groups excluding carboxylic acids is 18. The van der Waals surface area contributed by atoms with Crippen molar-refractivity contribution < 1.29 is 131 Å². The second-order valence-corrected chi connectivity index (χ2v) is 28.9. The fourth-order valence-corrected chi connectivity index (χ4v) is 12.4. The number of esters is 1. The van der Waals surface area contributed by atoms with Gasteiger partial charge in [-0.15, -0.1) is 0 Å². The fourth-order valence-electron chi connectivity index (χ4n) is 12.4. The van der Waals surface area contributed by atoms with E-state index >= 15 is 0 Å². The number of nitrogens with one attached hydrogen (secondary N) is 15. The van der Waals surface area contributed by atoms with Crippen LogP contribution in [0.25, 0.3) is 10.9 Å². The molecule has 1 aromatic heterocycles. The number of hydrogen-bond donors (Lipinski definition) is 24. The van der Waals surface area contributed by atoms with E-state index < -0.39 is 293 Å². The van der Waals surface area contributed by atoms with Crippen molar-refractivity contribution in [3.05, 3.63) is 65.9 Å². The van der Waals surface area contributed by atoms with E-state index in [2.05, 4.69) is 70.4 Å². The van der Waals surface area contributed by atoms with Crippen molar-refractivity contribution in [2.75, 3.05) is 38.6 Å². The van der Waals surface area contributed by atoms with Gasteiger partial charge in [0.2, 0.25) is 94.5 Å². The molecule has 670 valence electrons. The number of nitrogen functional groups attached to an aromatic ring is 1. The number of aliphatic hydroxyl groups is 2. The van der Waals surface area contributed by atoms with Gasteiger partial charge in [-0.2, -0.15) is 0 Å². The van der Waals surface area contributed by atoms with E-state index in [1.807, 2.05) is 16.0 Å². The minimum atomic E-state index is -2.40. The van der Waals surface area contributed by atoms with E-state index in [9.17, 15) is 126 Å². The Kier molecular flexibility index (Phi) is 42.5. The van der Waals surface area contributed by atoms with Crippen LogP contribution in [0.2, 0.25) is 0 Å². The number of cyclic esters (lactones) is 1. The first-order valence-corrected chi connectivity index (χ1v) is 39.1. The molecule has 2 heterocycles. The maximum Gasteiger partial charge on any atom is 0.329 e. The average Bonchev–Trinajstić information content (AvgIpc) is 1.55. The number of rotatable bonds is 39. The largest absolute Gasteiger partial charge is 0.481 e. The Morgan fingerprint density at radius 3 is 1.72 bits per heavy atom. The monoisotopic (exact) mass is 1720 g/mol. The zero-order chi connectivity index (χ0) is 91.0. The lowest BCUT2D eigenvalue weighted by Crippen LogP contribution is -2.61. The van der Waals surface area contributed by atoms with Crippen molar-refractivity contribution in [3.63, 3.8) is 0 Å². The predicted octanol–water partition coefficient (Wildman–Crippen LogP) is -7.35. The molecular weight excluding hydrogens is 1610 g/mol. The number of carbonyl (C=O) groups is 21. The normalized spacial score (nSPS) is 20.9. The zero-order valence-electron chi connectivity index (χ0n) is 67.6. The molecule has 28 N–H and O–H groups in total. The fraction of sp³-hybridized carbons (Fsp3) is 0.539. The number of hydrogen-bond acceptors (Lipinski definition) is 26. The Labute approximate surface area is 698 Å². The van der Waals surface area contributed by atoms with Crippen LogP contribution in [-0.4, -0.2) is 266 Å². The number of fused-ring (bicyclic) bond motifs is 1. The van der Waals surface area contributed by atoms with Gasteiger partial charge in [0, 0.05) is 60.8 Å². The summed E-state index contributed by atoms with van der Waals surface area (Å²) in [6.45, 7) is -0.149. The van der Waals surface area contributed by atoms with Crippen LogP contribution in [0.15, 0.2) is 54.7 Å². The number of aliphatic hydroxyl groups excluding tert-OH is 2. The van der Waals surface area contributed by atoms with Gasteiger partial charge in [0.25, 0.3) is 0 Å². The Morgan fingerprint density at radius 1 is 0.549 bits per heavy atom. The number of para-hydroxylation sites is 2. The molecule has 2 aromatic carbocycles. The smallest absolute Gasteiger partial charge is 0.329 e. The van der Waals surface area contributed by atoms with Crippen molar-refractivity contribution in [1.82, 2.24) is 79.4 Å². The van der Waals surface area contributed by atoms with Crippen LogP contribution in [-0.2, 0) is 107 Å². The molecule has 3 aromatic rings. The first-order valence-electron chi connectivity index (χ1n) is 39.1. The lowest BCUT2D eigenvalue weighted by atomic mass is 9.96. The van der Waals surface area contributed by atoms with E-state index in [1.165, 1.54) is 24.3 Å². The second-order valence-electron chi connectivity index (χ2n) is 28.9. The summed E-state index contributed by atoms with van der Waals surface area (Å²) in [7, 11) is 0. The molecule has 0 spiro atoms. The minimum absolute atomic E-state index is 0.00502. The first kappa shape index (κ1) is 101. The van der Waals surface area contributed by atoms with Crippen LogP contribution in [0.5, 0.6) is 0 Å². The summed E-state index contributed by atoms with van der Waals surface area (Å²) in [5.41, 5.74) is 23.4. The number of nitrogens with two attached hydrogens (primary N) is 4. The molecule has 46 nitrogen and oxygen atoms in total. The number of carboxylic acid groups (broad SMARTS) is 3. The van der Waals surface area contributed by atoms with Crippen molar-refractivity contribution >= 4 is 141 Å². The molecule has 0 saturated carbocycles. The Bertz CT molecular complexity index is 4270. The number of Topliss-reactive ketones (excluding diaryl/α,β-unsaturated/α-hetero) is 1. The van der Waals surface area contributed by atoms with Crippen molar-refractivity contribution in [3.8, 4) is 0 Å². The molecule has 122 heavy (non-hydrogen) atoms. The molecule has 1 saturated heterocycles. The van der Waals surface area contributed by atoms with Gasteiger partial charge in [-0.3, -0.25) is 95.9 Å². The van der Waals surface area contributed by atoms with Crippen molar-refractivity contribution in [2.24, 2.45) is 23.1 Å². The highest BCUT2D eigenvalue weighted by molar-refractivity contribution is 6.05. The van der Waals surface area contributed by atoms with Gasteiger partial charge >= 0.3 is 23.9 Å². The van der Waals surface area contributed by atoms with Crippen LogP contribution >= 0.6 is 0 Å². The number of ketones is 1. The van der Waals surface area contributed by atoms with Crippen LogP contribution in [0.4, 0.5) is 5.69 Å². The summed E-state index contributed by atoms with van der Waals surface area (Å²) in [5.74, 6) is -29.7. The van der Waals surface area contributed by atoms with Gasteiger partial charge in [0.1, 0.15) is 72.6 Å². The maximum atomic E-state index is 14.9. The Hall–Kier alpha value is -13.3. The van der Waals surface area contributed by atoms with Crippen LogP contribution in [0.1, 0.15) is 153 Å². The Morgan fingerprint density at radius 2 is 1.11 bits per heavy atom. The molecule has 46 heteroatoms. The molecule has 1 unspecified atom stereocenters. The first-order chi connectivity index (χ1) is 57.7. The second kappa shape index (κ2) is 51.3. The molecule has 14 atom stereocenters. The van der Waals surface area contributed by atoms with Crippen molar-refractivity contribution in [2.45, 2.75) is 222 Å². The number of amides is 16. The van der Waals surface area contributed by atoms with E-state index in [4.69, 9.17) is 27.7 Å². The number of aliphatic carboxylic acids is 3. The minimum Gasteiger partial charge on any atom is -0.481 e. The van der Waals surface area contributed by atoms with Gasteiger partial charge in [-0.05, 0) is 69.2 Å². The van der Waals surface area contributed by atoms with Crippen molar-refractivity contribution in [1.29, 1.82) is 0 Å². The highest BCUT2D eigenvalue weighted by atomic mass is 16.5. The van der Waals surface area contributed by atoms with E-state index in [1.54, 1.807) is 30.5 Å². The molecule has 0 radical (unpaired) electrons. The molecular formula is C76H109N19O27. The zero-order valence-corrected chi connectivity index (χ0v) is 67.6. The van der Waals surface area contributed by atoms with Crippen LogP contribution in [0, 0.1) is 5.92 Å². The molecule has 1 aliphatic heterocycles. The van der Waals surface area contributed by atoms with Crippen LogP contribution < -0.4 is 97.4 Å². The number of carboxylic acids is 3. The average molecular weight is 1720 g/mol. The number of ether oxygens (including phenoxy) is 1.